The lowest BCUT2D eigenvalue weighted by atomic mass is 9.93. The predicted molar refractivity (Wildman–Crippen MR) is 93.2 cm³/mol. The van der Waals surface area contributed by atoms with Gasteiger partial charge in [0.05, 0.1) is 0 Å². The van der Waals surface area contributed by atoms with Crippen molar-refractivity contribution in [2.45, 2.75) is 18.8 Å². The van der Waals surface area contributed by atoms with Gasteiger partial charge in [0.2, 0.25) is 0 Å². The van der Waals surface area contributed by atoms with Crippen LogP contribution in [0.15, 0.2) is 47.7 Å². The Kier molecular flexibility index (Phi) is 3.72. The molecule has 6 heteroatoms. The Morgan fingerprint density at radius 1 is 1.08 bits per heavy atom. The van der Waals surface area contributed by atoms with Crippen molar-refractivity contribution in [1.29, 1.82) is 0 Å². The number of hydrogen-bond donors (Lipinski definition) is 0. The Hall–Kier alpha value is -2.76. The lowest BCUT2D eigenvalue weighted by Crippen LogP contribution is -2.38. The number of piperidine rings is 1. The first-order chi connectivity index (χ1) is 11.7. The molecule has 1 fully saturated rings. The molecule has 0 unspecified atom stereocenters. The van der Waals surface area contributed by atoms with E-state index in [0.29, 0.717) is 11.7 Å². The summed E-state index contributed by atoms with van der Waals surface area (Å²) in [6.45, 7) is 1.64. The third-order valence-corrected chi connectivity index (χ3v) is 4.70. The summed E-state index contributed by atoms with van der Waals surface area (Å²) in [4.78, 5) is 27.6. The topological polar surface area (TPSA) is 63.9 Å². The van der Waals surface area contributed by atoms with Gasteiger partial charge in [0.1, 0.15) is 0 Å². The molecule has 4 heterocycles. The lowest BCUT2D eigenvalue weighted by molar-refractivity contribution is 0.492. The van der Waals surface area contributed by atoms with E-state index in [2.05, 4.69) is 27.0 Å². The number of pyridine rings is 2. The van der Waals surface area contributed by atoms with Crippen LogP contribution in [0.3, 0.4) is 0 Å². The summed E-state index contributed by atoms with van der Waals surface area (Å²) in [5, 5.41) is 1.07. The maximum absolute atomic E-state index is 12.2. The number of rotatable bonds is 2. The van der Waals surface area contributed by atoms with Crippen molar-refractivity contribution < 1.29 is 0 Å². The van der Waals surface area contributed by atoms with E-state index in [9.17, 15) is 4.79 Å². The second-order valence-corrected chi connectivity index (χ2v) is 6.21. The van der Waals surface area contributed by atoms with Crippen LogP contribution in [0, 0.1) is 0 Å². The minimum atomic E-state index is -0.0380. The first-order valence-electron chi connectivity index (χ1n) is 8.20. The molecule has 3 aromatic heterocycles. The number of hydrogen-bond acceptors (Lipinski definition) is 5. The van der Waals surface area contributed by atoms with E-state index >= 15 is 0 Å². The molecular weight excluding hydrogens is 302 g/mol. The molecule has 0 aliphatic carbocycles. The number of aryl methyl sites for hydroxylation is 1. The van der Waals surface area contributed by atoms with Crippen LogP contribution < -0.4 is 10.5 Å². The number of fused-ring (bicyclic) bond motifs is 1. The molecule has 0 radical (unpaired) electrons. The van der Waals surface area contributed by atoms with E-state index in [1.165, 1.54) is 0 Å². The minimum Gasteiger partial charge on any atom is -0.352 e. The fourth-order valence-electron chi connectivity index (χ4n) is 3.28. The molecule has 0 N–H and O–H groups in total. The van der Waals surface area contributed by atoms with Crippen molar-refractivity contribution in [3.05, 3.63) is 58.9 Å². The van der Waals surface area contributed by atoms with Crippen LogP contribution in [0.5, 0.6) is 0 Å². The molecule has 122 valence electrons. The van der Waals surface area contributed by atoms with Gasteiger partial charge in [0.15, 0.2) is 11.5 Å². The molecule has 1 aliphatic rings. The van der Waals surface area contributed by atoms with Crippen LogP contribution in [-0.4, -0.2) is 32.6 Å². The van der Waals surface area contributed by atoms with Crippen LogP contribution in [0.25, 0.3) is 11.0 Å². The molecule has 3 aromatic rings. The summed E-state index contributed by atoms with van der Waals surface area (Å²) < 4.78 is 1.57. The van der Waals surface area contributed by atoms with Crippen molar-refractivity contribution in [3.8, 4) is 0 Å². The highest BCUT2D eigenvalue weighted by atomic mass is 16.1. The Morgan fingerprint density at radius 3 is 2.75 bits per heavy atom. The SMILES string of the molecule is Cn1ccnc(N2CCC(c3ccc4cccnc4n3)CC2)c1=O. The second kappa shape index (κ2) is 6.03. The Bertz CT molecular complexity index is 928. The van der Waals surface area contributed by atoms with Gasteiger partial charge in [-0.3, -0.25) is 4.79 Å². The Labute approximate surface area is 139 Å². The van der Waals surface area contributed by atoms with Gasteiger partial charge >= 0.3 is 0 Å². The highest BCUT2D eigenvalue weighted by molar-refractivity contribution is 5.74. The third kappa shape index (κ3) is 2.64. The maximum Gasteiger partial charge on any atom is 0.293 e. The van der Waals surface area contributed by atoms with E-state index in [-0.39, 0.29) is 5.56 Å². The Balaban J connectivity index is 1.53. The van der Waals surface area contributed by atoms with Gasteiger partial charge in [-0.1, -0.05) is 0 Å². The van der Waals surface area contributed by atoms with Crippen molar-refractivity contribution in [2.24, 2.45) is 7.05 Å². The van der Waals surface area contributed by atoms with E-state index < -0.39 is 0 Å². The van der Waals surface area contributed by atoms with Crippen LogP contribution >= 0.6 is 0 Å². The van der Waals surface area contributed by atoms with Crippen molar-refractivity contribution in [1.82, 2.24) is 19.5 Å². The first kappa shape index (κ1) is 14.8. The van der Waals surface area contributed by atoms with Gasteiger partial charge in [0.25, 0.3) is 5.56 Å². The van der Waals surface area contributed by atoms with E-state index in [1.54, 1.807) is 30.2 Å². The van der Waals surface area contributed by atoms with Crippen LogP contribution in [0.4, 0.5) is 5.82 Å². The molecule has 0 amide bonds. The van der Waals surface area contributed by atoms with E-state index in [1.807, 2.05) is 12.1 Å². The summed E-state index contributed by atoms with van der Waals surface area (Å²) in [6.07, 6.45) is 7.07. The van der Waals surface area contributed by atoms with Gasteiger partial charge in [0, 0.05) is 55.7 Å². The van der Waals surface area contributed by atoms with Gasteiger partial charge in [-0.15, -0.1) is 0 Å². The summed E-state index contributed by atoms with van der Waals surface area (Å²) in [5.74, 6) is 0.951. The van der Waals surface area contributed by atoms with Crippen LogP contribution in [0.1, 0.15) is 24.5 Å². The highest BCUT2D eigenvalue weighted by Gasteiger charge is 2.24. The summed E-state index contributed by atoms with van der Waals surface area (Å²) in [5.41, 5.74) is 1.86. The molecule has 0 spiro atoms. The molecule has 1 aliphatic heterocycles. The smallest absolute Gasteiger partial charge is 0.293 e. The van der Waals surface area contributed by atoms with E-state index in [4.69, 9.17) is 4.98 Å². The van der Waals surface area contributed by atoms with Crippen molar-refractivity contribution in [3.63, 3.8) is 0 Å². The largest absolute Gasteiger partial charge is 0.352 e. The fraction of sp³-hybridized carbons (Fsp3) is 0.333. The average molecular weight is 321 g/mol. The van der Waals surface area contributed by atoms with Gasteiger partial charge in [-0.05, 0) is 37.1 Å². The molecule has 4 rings (SSSR count). The lowest BCUT2D eigenvalue weighted by Gasteiger charge is -2.32. The van der Waals surface area contributed by atoms with Crippen molar-refractivity contribution in [2.75, 3.05) is 18.0 Å². The molecule has 6 nitrogen and oxygen atoms in total. The summed E-state index contributed by atoms with van der Waals surface area (Å²) >= 11 is 0. The van der Waals surface area contributed by atoms with Gasteiger partial charge < -0.3 is 9.47 Å². The fourth-order valence-corrected chi connectivity index (χ4v) is 3.28. The standard InChI is InChI=1S/C18H19N5O/c1-22-12-9-20-17(18(22)24)23-10-6-13(7-11-23)15-5-4-14-3-2-8-19-16(14)21-15/h2-5,8-9,12-13H,6-7,10-11H2,1H3. The summed E-state index contributed by atoms with van der Waals surface area (Å²) in [7, 11) is 1.76. The zero-order valence-electron chi connectivity index (χ0n) is 13.6. The molecular formula is C18H19N5O. The molecule has 24 heavy (non-hydrogen) atoms. The average Bonchev–Trinajstić information content (AvgIpc) is 2.64. The van der Waals surface area contributed by atoms with Crippen LogP contribution in [-0.2, 0) is 7.05 Å². The van der Waals surface area contributed by atoms with Gasteiger partial charge in [-0.25, -0.2) is 15.0 Å². The predicted octanol–water partition coefficient (Wildman–Crippen LogP) is 2.11. The molecule has 0 saturated carbocycles. The quantitative estimate of drug-likeness (QED) is 0.723. The summed E-state index contributed by atoms with van der Waals surface area (Å²) in [6, 6.07) is 8.14. The first-order valence-corrected chi connectivity index (χ1v) is 8.20. The molecule has 0 aromatic carbocycles. The molecule has 0 bridgehead atoms. The zero-order valence-corrected chi connectivity index (χ0v) is 13.6. The monoisotopic (exact) mass is 321 g/mol. The maximum atomic E-state index is 12.2. The Morgan fingerprint density at radius 2 is 1.92 bits per heavy atom. The van der Waals surface area contributed by atoms with Gasteiger partial charge in [-0.2, -0.15) is 0 Å². The van der Waals surface area contributed by atoms with E-state index in [0.717, 1.165) is 42.7 Å². The van der Waals surface area contributed by atoms with Crippen LogP contribution in [0.2, 0.25) is 0 Å². The normalized spacial score (nSPS) is 15.8. The highest BCUT2D eigenvalue weighted by Crippen LogP contribution is 2.28. The molecule has 1 saturated heterocycles. The second-order valence-electron chi connectivity index (χ2n) is 6.21. The third-order valence-electron chi connectivity index (χ3n) is 4.70. The number of anilines is 1. The number of aromatic nitrogens is 4. The molecule has 0 atom stereocenters. The number of nitrogens with zero attached hydrogens (tertiary/aromatic N) is 5. The zero-order chi connectivity index (χ0) is 16.5. The van der Waals surface area contributed by atoms with Crippen molar-refractivity contribution >= 4 is 16.9 Å². The minimum absolute atomic E-state index is 0.0380.